The number of aromatic nitrogens is 1. The number of anilines is 2. The van der Waals surface area contributed by atoms with Crippen molar-refractivity contribution in [3.63, 3.8) is 0 Å². The molecule has 1 aromatic carbocycles. The van der Waals surface area contributed by atoms with Crippen LogP contribution in [0.1, 0.15) is 41.6 Å². The molecule has 0 radical (unpaired) electrons. The summed E-state index contributed by atoms with van der Waals surface area (Å²) in [6.45, 7) is 6.49. The number of nitrogens with one attached hydrogen (secondary N) is 1. The van der Waals surface area contributed by atoms with Crippen LogP contribution in [0.25, 0.3) is 0 Å². The van der Waals surface area contributed by atoms with E-state index >= 15 is 0 Å². The van der Waals surface area contributed by atoms with E-state index in [1.54, 1.807) is 6.07 Å². The first kappa shape index (κ1) is 20.6. The highest BCUT2D eigenvalue weighted by Crippen LogP contribution is 2.23. The van der Waals surface area contributed by atoms with Gasteiger partial charge in [-0.15, -0.1) is 0 Å². The smallest absolute Gasteiger partial charge is 0.341 e. The van der Waals surface area contributed by atoms with E-state index in [2.05, 4.69) is 10.3 Å². The molecule has 0 atom stereocenters. The van der Waals surface area contributed by atoms with Crippen LogP contribution in [0.3, 0.4) is 0 Å². The minimum atomic E-state index is -1.74. The van der Waals surface area contributed by atoms with Crippen molar-refractivity contribution in [3.05, 3.63) is 52.2 Å². The van der Waals surface area contributed by atoms with Crippen LogP contribution in [0, 0.1) is 11.6 Å². The molecule has 0 aliphatic carbocycles. The molecule has 2 aromatic rings. The fraction of sp³-hybridized carbons (Fsp3) is 0.278. The van der Waals surface area contributed by atoms with Crippen LogP contribution in [0.2, 0.25) is 5.02 Å². The second-order valence-corrected chi connectivity index (χ2v) is 6.42. The zero-order chi connectivity index (χ0) is 20.3. The largest absolute Gasteiger partial charge is 0.477 e. The van der Waals surface area contributed by atoms with Gasteiger partial charge in [-0.25, -0.2) is 18.6 Å². The number of nitrogens with zero attached hydrogens (tertiary/aromatic N) is 2. The molecule has 144 valence electrons. The summed E-state index contributed by atoms with van der Waals surface area (Å²) in [5, 5.41) is 11.4. The molecule has 27 heavy (non-hydrogen) atoms. The zero-order valence-electron chi connectivity index (χ0n) is 14.9. The number of halogens is 3. The number of carboxylic acids is 1. The maximum absolute atomic E-state index is 13.8. The Labute approximate surface area is 159 Å². The van der Waals surface area contributed by atoms with Crippen LogP contribution in [0.4, 0.5) is 20.3 Å². The van der Waals surface area contributed by atoms with Crippen molar-refractivity contribution in [1.29, 1.82) is 0 Å². The number of amides is 1. The maximum atomic E-state index is 13.8. The van der Waals surface area contributed by atoms with Crippen molar-refractivity contribution in [2.75, 3.05) is 16.8 Å². The van der Waals surface area contributed by atoms with Crippen molar-refractivity contribution >= 4 is 35.0 Å². The van der Waals surface area contributed by atoms with Gasteiger partial charge in [0, 0.05) is 23.3 Å². The monoisotopic (exact) mass is 397 g/mol. The lowest BCUT2D eigenvalue weighted by Crippen LogP contribution is -2.31. The number of rotatable bonds is 6. The third kappa shape index (κ3) is 4.71. The highest BCUT2D eigenvalue weighted by molar-refractivity contribution is 6.31. The number of carboxylic acid groups (broad SMARTS) is 1. The molecular formula is C18H18ClF2N3O3. The Hall–Kier alpha value is -2.74. The minimum Gasteiger partial charge on any atom is -0.477 e. The fourth-order valence-electron chi connectivity index (χ4n) is 2.58. The molecule has 2 rings (SSSR count). The van der Waals surface area contributed by atoms with Gasteiger partial charge < -0.3 is 15.3 Å². The van der Waals surface area contributed by atoms with E-state index in [4.69, 9.17) is 16.7 Å². The highest BCUT2D eigenvalue weighted by Gasteiger charge is 2.20. The molecule has 0 bridgehead atoms. The number of benzene rings is 1. The van der Waals surface area contributed by atoms with E-state index in [0.717, 1.165) is 12.1 Å². The van der Waals surface area contributed by atoms with Gasteiger partial charge in [0.05, 0.1) is 0 Å². The number of pyridine rings is 1. The summed E-state index contributed by atoms with van der Waals surface area (Å²) in [7, 11) is 0. The van der Waals surface area contributed by atoms with Gasteiger partial charge in [-0.3, -0.25) is 4.79 Å². The third-order valence-corrected chi connectivity index (χ3v) is 4.00. The lowest BCUT2D eigenvalue weighted by molar-refractivity contribution is 0.0686. The second kappa shape index (κ2) is 8.30. The summed E-state index contributed by atoms with van der Waals surface area (Å²) in [6, 6.07) is 4.50. The molecule has 2 N–H and O–H groups in total. The molecule has 1 aromatic heterocycles. The molecule has 0 fully saturated rings. The normalized spacial score (nSPS) is 10.8. The van der Waals surface area contributed by atoms with Crippen molar-refractivity contribution in [1.82, 2.24) is 4.98 Å². The van der Waals surface area contributed by atoms with Crippen LogP contribution >= 0.6 is 11.6 Å². The third-order valence-electron chi connectivity index (χ3n) is 3.78. The summed E-state index contributed by atoms with van der Waals surface area (Å²) >= 11 is 6.08. The average Bonchev–Trinajstić information content (AvgIpc) is 2.53. The van der Waals surface area contributed by atoms with Crippen LogP contribution in [-0.2, 0) is 0 Å². The average molecular weight is 398 g/mol. The molecule has 0 aliphatic heterocycles. The van der Waals surface area contributed by atoms with Crippen LogP contribution in [0.15, 0.2) is 24.3 Å². The first-order valence-corrected chi connectivity index (χ1v) is 8.49. The van der Waals surface area contributed by atoms with Gasteiger partial charge >= 0.3 is 5.97 Å². The molecule has 0 aliphatic rings. The van der Waals surface area contributed by atoms with Gasteiger partial charge in [0.2, 0.25) is 0 Å². The number of hydrogen-bond acceptors (Lipinski definition) is 4. The predicted molar refractivity (Wildman–Crippen MR) is 98.7 cm³/mol. The number of hydrogen-bond donors (Lipinski definition) is 2. The molecule has 0 unspecified atom stereocenters. The molecule has 1 amide bonds. The number of carbonyl (C=O) groups is 2. The Kier molecular flexibility index (Phi) is 6.32. The zero-order valence-corrected chi connectivity index (χ0v) is 15.6. The molecule has 0 spiro atoms. The van der Waals surface area contributed by atoms with E-state index in [9.17, 15) is 18.4 Å². The van der Waals surface area contributed by atoms with Crippen LogP contribution < -0.4 is 10.2 Å². The number of aromatic carboxylic acids is 1. The summed E-state index contributed by atoms with van der Waals surface area (Å²) in [4.78, 5) is 29.4. The first-order chi connectivity index (χ1) is 12.6. The fourth-order valence-corrected chi connectivity index (χ4v) is 2.78. The van der Waals surface area contributed by atoms with Crippen molar-refractivity contribution in [2.24, 2.45) is 0 Å². The lowest BCUT2D eigenvalue weighted by atomic mass is 10.1. The Balaban J connectivity index is 2.34. The van der Waals surface area contributed by atoms with Crippen LogP contribution in [-0.4, -0.2) is 34.6 Å². The van der Waals surface area contributed by atoms with Gasteiger partial charge in [-0.1, -0.05) is 11.6 Å². The maximum Gasteiger partial charge on any atom is 0.341 e. The molecule has 6 nitrogen and oxygen atoms in total. The summed E-state index contributed by atoms with van der Waals surface area (Å²) < 4.78 is 27.5. The summed E-state index contributed by atoms with van der Waals surface area (Å²) in [5.41, 5.74) is -1.37. The SMILES string of the molecule is CCN(c1cc(Cl)cc(C(=O)Nc2cc(F)c(C(=O)O)c(F)c2)n1)C(C)C. The summed E-state index contributed by atoms with van der Waals surface area (Å²) in [6.07, 6.45) is 0. The lowest BCUT2D eigenvalue weighted by Gasteiger charge is -2.26. The first-order valence-electron chi connectivity index (χ1n) is 8.12. The Bertz CT molecular complexity index is 867. The van der Waals surface area contributed by atoms with Gasteiger partial charge in [0.15, 0.2) is 0 Å². The molecule has 1 heterocycles. The summed E-state index contributed by atoms with van der Waals surface area (Å²) in [5.74, 6) is -4.58. The molecule has 9 heteroatoms. The minimum absolute atomic E-state index is 0.0419. The van der Waals surface area contributed by atoms with E-state index in [0.29, 0.717) is 12.4 Å². The van der Waals surface area contributed by atoms with Crippen molar-refractivity contribution in [3.8, 4) is 0 Å². The number of carbonyl (C=O) groups excluding carboxylic acids is 1. The van der Waals surface area contributed by atoms with Crippen molar-refractivity contribution < 1.29 is 23.5 Å². The highest BCUT2D eigenvalue weighted by atomic mass is 35.5. The van der Waals surface area contributed by atoms with E-state index in [1.165, 1.54) is 6.07 Å². The second-order valence-electron chi connectivity index (χ2n) is 5.98. The van der Waals surface area contributed by atoms with E-state index < -0.39 is 29.1 Å². The van der Waals surface area contributed by atoms with Gasteiger partial charge in [0.1, 0.15) is 28.7 Å². The predicted octanol–water partition coefficient (Wildman–Crippen LogP) is 4.20. The molecule has 0 saturated carbocycles. The van der Waals surface area contributed by atoms with Crippen molar-refractivity contribution in [2.45, 2.75) is 26.8 Å². The van der Waals surface area contributed by atoms with E-state index in [1.807, 2.05) is 25.7 Å². The van der Waals surface area contributed by atoms with Gasteiger partial charge in [0.25, 0.3) is 5.91 Å². The van der Waals surface area contributed by atoms with Gasteiger partial charge in [-0.2, -0.15) is 0 Å². The Morgan fingerprint density at radius 3 is 2.30 bits per heavy atom. The van der Waals surface area contributed by atoms with E-state index in [-0.39, 0.29) is 22.4 Å². The van der Waals surface area contributed by atoms with Gasteiger partial charge in [-0.05, 0) is 45.0 Å². The molecular weight excluding hydrogens is 380 g/mol. The Morgan fingerprint density at radius 2 is 1.81 bits per heavy atom. The quantitative estimate of drug-likeness (QED) is 0.763. The topological polar surface area (TPSA) is 82.5 Å². The Morgan fingerprint density at radius 1 is 1.22 bits per heavy atom. The molecule has 0 saturated heterocycles. The standard InChI is InChI=1S/C18H18ClF2N3O3/c1-4-24(9(2)3)15-6-10(19)5-14(23-15)17(25)22-11-7-12(20)16(18(26)27)13(21)8-11/h5-9H,4H2,1-3H3,(H,22,25)(H,26,27). The van der Waals surface area contributed by atoms with Crippen LogP contribution in [0.5, 0.6) is 0 Å².